The molecule has 3 rings (SSSR count). The molecule has 0 saturated carbocycles. The van der Waals surface area contributed by atoms with Crippen molar-refractivity contribution in [3.05, 3.63) is 41.6 Å². The van der Waals surface area contributed by atoms with Gasteiger partial charge in [-0.1, -0.05) is 17.7 Å². The summed E-state index contributed by atoms with van der Waals surface area (Å²) in [7, 11) is 2.20. The third-order valence-electron chi connectivity index (χ3n) is 4.14. The average Bonchev–Trinajstić information content (AvgIpc) is 2.98. The summed E-state index contributed by atoms with van der Waals surface area (Å²) in [6, 6.07) is 10.2. The fourth-order valence-electron chi connectivity index (χ4n) is 2.58. The third-order valence-corrected chi connectivity index (χ3v) is 4.14. The van der Waals surface area contributed by atoms with Gasteiger partial charge in [-0.25, -0.2) is 9.67 Å². The van der Waals surface area contributed by atoms with E-state index in [1.807, 2.05) is 37.5 Å². The molecular formula is C17H21N6+. The second-order valence-electron chi connectivity index (χ2n) is 5.98. The molecular weight excluding hydrogens is 288 g/mol. The SMILES string of the molecule is Cc1ccc(-n2ncc(C#N)c2N=CN2CC[NH+](C)CC2)cc1. The number of likely N-dealkylation sites (N-methyl/N-ethyl adjacent to an activating group) is 1. The molecule has 2 heterocycles. The van der Waals surface area contributed by atoms with Gasteiger partial charge in [0, 0.05) is 0 Å². The Morgan fingerprint density at radius 2 is 1.96 bits per heavy atom. The van der Waals surface area contributed by atoms with E-state index in [9.17, 15) is 5.26 Å². The topological polar surface area (TPSA) is 61.6 Å². The lowest BCUT2D eigenvalue weighted by Gasteiger charge is -2.28. The van der Waals surface area contributed by atoms with Gasteiger partial charge in [-0.2, -0.15) is 10.4 Å². The Morgan fingerprint density at radius 3 is 2.61 bits per heavy atom. The molecule has 1 aromatic carbocycles. The van der Waals surface area contributed by atoms with Crippen LogP contribution < -0.4 is 4.90 Å². The molecule has 1 N–H and O–H groups in total. The Bertz CT molecular complexity index is 729. The van der Waals surface area contributed by atoms with Gasteiger partial charge in [-0.3, -0.25) is 0 Å². The molecule has 0 bridgehead atoms. The molecule has 1 aromatic heterocycles. The molecule has 2 aromatic rings. The fourth-order valence-corrected chi connectivity index (χ4v) is 2.58. The predicted octanol–water partition coefficient (Wildman–Crippen LogP) is 0.542. The van der Waals surface area contributed by atoms with E-state index in [0.29, 0.717) is 11.4 Å². The van der Waals surface area contributed by atoms with E-state index in [2.05, 4.69) is 28.1 Å². The number of hydrogen-bond acceptors (Lipinski definition) is 3. The number of rotatable bonds is 3. The van der Waals surface area contributed by atoms with Gasteiger partial charge in [0.05, 0.1) is 51.4 Å². The summed E-state index contributed by atoms with van der Waals surface area (Å²) in [5.74, 6) is 0.586. The molecule has 1 aliphatic rings. The number of hydrogen-bond donors (Lipinski definition) is 1. The summed E-state index contributed by atoms with van der Waals surface area (Å²) in [6.07, 6.45) is 3.41. The molecule has 0 unspecified atom stereocenters. The van der Waals surface area contributed by atoms with Gasteiger partial charge in [0.15, 0.2) is 5.82 Å². The Balaban J connectivity index is 1.87. The number of nitriles is 1. The van der Waals surface area contributed by atoms with Crippen molar-refractivity contribution in [1.29, 1.82) is 5.26 Å². The maximum absolute atomic E-state index is 9.30. The monoisotopic (exact) mass is 309 g/mol. The summed E-state index contributed by atoms with van der Waals surface area (Å²) in [6.45, 7) is 6.22. The minimum atomic E-state index is 0.488. The number of aromatic nitrogens is 2. The highest BCUT2D eigenvalue weighted by molar-refractivity contribution is 5.64. The first-order valence-electron chi connectivity index (χ1n) is 7.82. The van der Waals surface area contributed by atoms with Crippen LogP contribution >= 0.6 is 0 Å². The number of aliphatic imine (C=N–C) groups is 1. The molecule has 0 atom stereocenters. The summed E-state index contributed by atoms with van der Waals surface area (Å²) >= 11 is 0. The summed E-state index contributed by atoms with van der Waals surface area (Å²) in [5.41, 5.74) is 2.58. The molecule has 1 fully saturated rings. The normalized spacial score (nSPS) is 16.0. The smallest absolute Gasteiger partial charge is 0.175 e. The zero-order valence-electron chi connectivity index (χ0n) is 13.5. The first kappa shape index (κ1) is 15.3. The van der Waals surface area contributed by atoms with Crippen LogP contribution in [-0.4, -0.2) is 54.2 Å². The van der Waals surface area contributed by atoms with Crippen molar-refractivity contribution in [2.24, 2.45) is 4.99 Å². The molecule has 6 nitrogen and oxygen atoms in total. The van der Waals surface area contributed by atoms with Crippen molar-refractivity contribution in [3.8, 4) is 11.8 Å². The van der Waals surface area contributed by atoms with Crippen molar-refractivity contribution in [3.63, 3.8) is 0 Å². The predicted molar refractivity (Wildman–Crippen MR) is 89.4 cm³/mol. The summed E-state index contributed by atoms with van der Waals surface area (Å²) in [4.78, 5) is 8.29. The number of quaternary nitrogens is 1. The first-order valence-corrected chi connectivity index (χ1v) is 7.82. The lowest BCUT2D eigenvalue weighted by Crippen LogP contribution is -3.11. The van der Waals surface area contributed by atoms with Crippen LogP contribution in [0.15, 0.2) is 35.5 Å². The Hall–Kier alpha value is -2.65. The van der Waals surface area contributed by atoms with Crippen molar-refractivity contribution in [2.75, 3.05) is 33.2 Å². The van der Waals surface area contributed by atoms with Crippen molar-refractivity contribution in [2.45, 2.75) is 6.92 Å². The average molecular weight is 309 g/mol. The van der Waals surface area contributed by atoms with E-state index in [0.717, 1.165) is 31.9 Å². The van der Waals surface area contributed by atoms with Gasteiger partial charge in [-0.15, -0.1) is 0 Å². The van der Waals surface area contributed by atoms with Gasteiger partial charge in [0.25, 0.3) is 0 Å². The molecule has 6 heteroatoms. The molecule has 0 amide bonds. The van der Waals surface area contributed by atoms with Crippen LogP contribution in [0, 0.1) is 18.3 Å². The molecule has 1 aliphatic heterocycles. The third kappa shape index (κ3) is 3.41. The van der Waals surface area contributed by atoms with Crippen molar-refractivity contribution >= 4 is 12.2 Å². The zero-order valence-corrected chi connectivity index (χ0v) is 13.5. The highest BCUT2D eigenvalue weighted by atomic mass is 15.3. The lowest BCUT2D eigenvalue weighted by molar-refractivity contribution is -0.883. The molecule has 0 radical (unpaired) electrons. The van der Waals surface area contributed by atoms with Gasteiger partial charge in [0.2, 0.25) is 0 Å². The van der Waals surface area contributed by atoms with Gasteiger partial charge >= 0.3 is 0 Å². The molecule has 23 heavy (non-hydrogen) atoms. The number of nitrogens with one attached hydrogen (secondary N) is 1. The van der Waals surface area contributed by atoms with Crippen LogP contribution in [-0.2, 0) is 0 Å². The number of aryl methyl sites for hydroxylation is 1. The Labute approximate surface area is 136 Å². The van der Waals surface area contributed by atoms with Gasteiger partial charge in [-0.05, 0) is 19.1 Å². The van der Waals surface area contributed by atoms with Gasteiger partial charge < -0.3 is 9.80 Å². The number of piperazine rings is 1. The van der Waals surface area contributed by atoms with E-state index in [1.165, 1.54) is 10.5 Å². The Morgan fingerprint density at radius 1 is 1.26 bits per heavy atom. The molecule has 118 valence electrons. The highest BCUT2D eigenvalue weighted by Gasteiger charge is 2.15. The van der Waals surface area contributed by atoms with Crippen LogP contribution in [0.3, 0.4) is 0 Å². The second-order valence-corrected chi connectivity index (χ2v) is 5.98. The molecule has 0 spiro atoms. The summed E-state index contributed by atoms with van der Waals surface area (Å²) < 4.78 is 1.72. The maximum atomic E-state index is 9.30. The van der Waals surface area contributed by atoms with Crippen LogP contribution in [0.5, 0.6) is 0 Å². The second kappa shape index (κ2) is 6.63. The van der Waals surface area contributed by atoms with Crippen LogP contribution in [0.1, 0.15) is 11.1 Å². The van der Waals surface area contributed by atoms with Gasteiger partial charge in [0.1, 0.15) is 11.6 Å². The number of benzene rings is 1. The largest absolute Gasteiger partial charge is 0.351 e. The highest BCUT2D eigenvalue weighted by Crippen LogP contribution is 2.22. The van der Waals surface area contributed by atoms with E-state index >= 15 is 0 Å². The van der Waals surface area contributed by atoms with Crippen molar-refractivity contribution in [1.82, 2.24) is 14.7 Å². The zero-order chi connectivity index (χ0) is 16.2. The van der Waals surface area contributed by atoms with Crippen LogP contribution in [0.2, 0.25) is 0 Å². The number of nitrogens with zero attached hydrogens (tertiary/aromatic N) is 5. The molecule has 0 aliphatic carbocycles. The van der Waals surface area contributed by atoms with Crippen LogP contribution in [0.25, 0.3) is 5.69 Å². The lowest BCUT2D eigenvalue weighted by atomic mass is 10.2. The fraction of sp³-hybridized carbons (Fsp3) is 0.353. The minimum absolute atomic E-state index is 0.488. The van der Waals surface area contributed by atoms with Crippen LogP contribution in [0.4, 0.5) is 5.82 Å². The standard InChI is InChI=1S/C17H20N6/c1-14-3-5-16(6-4-14)23-17(15(11-18)12-20-23)19-13-22-9-7-21(2)8-10-22/h3-6,12-13H,7-10H2,1-2H3/p+1. The first-order chi connectivity index (χ1) is 11.2. The van der Waals surface area contributed by atoms with E-state index in [-0.39, 0.29) is 0 Å². The summed E-state index contributed by atoms with van der Waals surface area (Å²) in [5, 5.41) is 13.6. The van der Waals surface area contributed by atoms with E-state index < -0.39 is 0 Å². The van der Waals surface area contributed by atoms with E-state index in [4.69, 9.17) is 0 Å². The van der Waals surface area contributed by atoms with Crippen molar-refractivity contribution < 1.29 is 4.90 Å². The van der Waals surface area contributed by atoms with E-state index in [1.54, 1.807) is 10.9 Å². The molecule has 1 saturated heterocycles. The minimum Gasteiger partial charge on any atom is -0.351 e. The maximum Gasteiger partial charge on any atom is 0.175 e. The quantitative estimate of drug-likeness (QED) is 0.665. The Kier molecular flexibility index (Phi) is 4.40.